The molecule has 2 aromatic rings. The number of aliphatic imine (C=N–C) groups is 1. The van der Waals surface area contributed by atoms with Gasteiger partial charge in [0.05, 0.1) is 12.3 Å². The van der Waals surface area contributed by atoms with Crippen LogP contribution >= 0.6 is 12.2 Å². The highest BCUT2D eigenvalue weighted by Crippen LogP contribution is 2.14. The molecular formula is C19H25N9S. The lowest BCUT2D eigenvalue weighted by Gasteiger charge is -2.12. The van der Waals surface area contributed by atoms with Crippen molar-refractivity contribution in [3.05, 3.63) is 59.7 Å². The quantitative estimate of drug-likeness (QED) is 0.172. The Morgan fingerprint density at radius 1 is 0.931 bits per heavy atom. The zero-order chi connectivity index (χ0) is 21.2. The summed E-state index contributed by atoms with van der Waals surface area (Å²) in [4.78, 5) is 4.21. The van der Waals surface area contributed by atoms with Crippen LogP contribution in [-0.2, 0) is 0 Å². The Bertz CT molecular complexity index is 946. The summed E-state index contributed by atoms with van der Waals surface area (Å²) in [5, 5.41) is 14.3. The van der Waals surface area contributed by atoms with Crippen molar-refractivity contribution in [2.45, 2.75) is 6.92 Å². The number of anilines is 2. The van der Waals surface area contributed by atoms with Crippen LogP contribution in [0.4, 0.5) is 11.4 Å². The van der Waals surface area contributed by atoms with Crippen LogP contribution in [0.1, 0.15) is 18.1 Å². The van der Waals surface area contributed by atoms with Gasteiger partial charge in [0.1, 0.15) is 5.84 Å². The number of guanidine groups is 1. The Balaban J connectivity index is 2.07. The second-order valence-electron chi connectivity index (χ2n) is 6.01. The van der Waals surface area contributed by atoms with Crippen LogP contribution in [0.3, 0.4) is 0 Å². The summed E-state index contributed by atoms with van der Waals surface area (Å²) in [5.74, 6) is 0.334. The van der Waals surface area contributed by atoms with Gasteiger partial charge in [-0.05, 0) is 49.0 Å². The number of nitrogens with two attached hydrogens (primary N) is 4. The fourth-order valence-corrected chi connectivity index (χ4v) is 2.57. The van der Waals surface area contributed by atoms with Crippen LogP contribution < -0.4 is 33.6 Å². The molecule has 0 radical (unpaired) electrons. The van der Waals surface area contributed by atoms with Crippen molar-refractivity contribution in [2.24, 2.45) is 38.1 Å². The van der Waals surface area contributed by atoms with Crippen LogP contribution in [0, 0.1) is 0 Å². The minimum Gasteiger partial charge on any atom is -0.384 e. The van der Waals surface area contributed by atoms with Gasteiger partial charge in [0, 0.05) is 23.5 Å². The van der Waals surface area contributed by atoms with Crippen molar-refractivity contribution in [3.8, 4) is 0 Å². The fraction of sp³-hybridized carbons (Fsp3) is 0.158. The van der Waals surface area contributed by atoms with Crippen molar-refractivity contribution in [2.75, 3.05) is 23.7 Å². The molecule has 0 aliphatic rings. The van der Waals surface area contributed by atoms with Gasteiger partial charge in [-0.3, -0.25) is 4.99 Å². The maximum Gasteiger partial charge on any atom is 0.211 e. The van der Waals surface area contributed by atoms with Gasteiger partial charge in [-0.25, -0.2) is 0 Å². The predicted molar refractivity (Wildman–Crippen MR) is 125 cm³/mol. The topological polar surface area (TPSA) is 165 Å². The highest BCUT2D eigenvalue weighted by molar-refractivity contribution is 7.80. The SMILES string of the molecule is C/C(=N\N=C(N)N)c1cccc(NC(=S)Nc2cccc(C(N)=NCCN)c2)c1. The molecule has 0 spiro atoms. The lowest BCUT2D eigenvalue weighted by Crippen LogP contribution is -2.22. The molecule has 0 aliphatic heterocycles. The minimum absolute atomic E-state index is 0.0973. The molecule has 0 saturated heterocycles. The molecule has 0 atom stereocenters. The molecule has 2 rings (SSSR count). The first kappa shape index (κ1) is 21.8. The van der Waals surface area contributed by atoms with Gasteiger partial charge < -0.3 is 33.6 Å². The Morgan fingerprint density at radius 3 is 2.10 bits per heavy atom. The summed E-state index contributed by atoms with van der Waals surface area (Å²) in [5.41, 5.74) is 25.9. The third-order valence-electron chi connectivity index (χ3n) is 3.68. The van der Waals surface area contributed by atoms with E-state index in [0.29, 0.717) is 29.7 Å². The van der Waals surface area contributed by atoms with Crippen LogP contribution in [0.5, 0.6) is 0 Å². The summed E-state index contributed by atoms with van der Waals surface area (Å²) >= 11 is 5.41. The van der Waals surface area contributed by atoms with Gasteiger partial charge in [0.25, 0.3) is 0 Å². The Kier molecular flexibility index (Phi) is 8.07. The second kappa shape index (κ2) is 10.7. The van der Waals surface area contributed by atoms with Crippen LogP contribution in [0.15, 0.2) is 63.7 Å². The maximum atomic E-state index is 5.97. The molecule has 0 bridgehead atoms. The fourth-order valence-electron chi connectivity index (χ4n) is 2.34. The first-order valence-corrected chi connectivity index (χ1v) is 9.22. The van der Waals surface area contributed by atoms with Crippen molar-refractivity contribution >= 4 is 46.2 Å². The number of hydrogen-bond acceptors (Lipinski definition) is 5. The van der Waals surface area contributed by atoms with Crippen molar-refractivity contribution < 1.29 is 0 Å². The van der Waals surface area contributed by atoms with Gasteiger partial charge in [0.15, 0.2) is 5.11 Å². The van der Waals surface area contributed by atoms with Crippen molar-refractivity contribution in [1.82, 2.24) is 0 Å². The number of benzene rings is 2. The molecule has 0 saturated carbocycles. The van der Waals surface area contributed by atoms with Gasteiger partial charge in [-0.15, -0.1) is 5.10 Å². The number of hydrogen-bond donors (Lipinski definition) is 6. The van der Waals surface area contributed by atoms with E-state index in [2.05, 4.69) is 25.8 Å². The summed E-state index contributed by atoms with van der Waals surface area (Å²) < 4.78 is 0. The van der Waals surface area contributed by atoms with E-state index in [0.717, 1.165) is 22.5 Å². The third kappa shape index (κ3) is 7.20. The van der Waals surface area contributed by atoms with E-state index in [4.69, 9.17) is 35.2 Å². The molecule has 10 N–H and O–H groups in total. The van der Waals surface area contributed by atoms with E-state index in [-0.39, 0.29) is 5.96 Å². The number of nitrogens with zero attached hydrogens (tertiary/aromatic N) is 3. The van der Waals surface area contributed by atoms with Crippen LogP contribution in [0.2, 0.25) is 0 Å². The summed E-state index contributed by atoms with van der Waals surface area (Å²) in [6.45, 7) is 2.73. The maximum absolute atomic E-state index is 5.97. The monoisotopic (exact) mass is 411 g/mol. The Labute approximate surface area is 175 Å². The normalized spacial score (nSPS) is 11.7. The summed E-state index contributed by atoms with van der Waals surface area (Å²) in [7, 11) is 0. The average molecular weight is 412 g/mol. The lowest BCUT2D eigenvalue weighted by molar-refractivity contribution is 0.973. The lowest BCUT2D eigenvalue weighted by atomic mass is 10.1. The number of nitrogens with one attached hydrogen (secondary N) is 2. The first-order chi connectivity index (χ1) is 13.9. The van der Waals surface area contributed by atoms with E-state index in [1.165, 1.54) is 0 Å². The molecule has 2 aromatic carbocycles. The van der Waals surface area contributed by atoms with Crippen LogP contribution in [-0.4, -0.2) is 35.7 Å². The summed E-state index contributed by atoms with van der Waals surface area (Å²) in [6.07, 6.45) is 0. The largest absolute Gasteiger partial charge is 0.384 e. The molecule has 0 aromatic heterocycles. The van der Waals surface area contributed by atoms with Crippen molar-refractivity contribution in [3.63, 3.8) is 0 Å². The highest BCUT2D eigenvalue weighted by atomic mass is 32.1. The second-order valence-corrected chi connectivity index (χ2v) is 6.41. The minimum atomic E-state index is -0.0973. The van der Waals surface area contributed by atoms with Gasteiger partial charge in [-0.2, -0.15) is 5.10 Å². The highest BCUT2D eigenvalue weighted by Gasteiger charge is 2.04. The van der Waals surface area contributed by atoms with Gasteiger partial charge in [-0.1, -0.05) is 24.3 Å². The molecule has 0 heterocycles. The molecule has 10 heteroatoms. The molecule has 29 heavy (non-hydrogen) atoms. The van der Waals surface area contributed by atoms with Crippen LogP contribution in [0.25, 0.3) is 0 Å². The van der Waals surface area contributed by atoms with E-state index >= 15 is 0 Å². The zero-order valence-electron chi connectivity index (χ0n) is 16.1. The smallest absolute Gasteiger partial charge is 0.211 e. The number of thiocarbonyl (C=S) groups is 1. The van der Waals surface area contributed by atoms with Crippen molar-refractivity contribution in [1.29, 1.82) is 0 Å². The molecule has 152 valence electrons. The molecule has 0 unspecified atom stereocenters. The van der Waals surface area contributed by atoms with E-state index in [1.807, 2.05) is 55.5 Å². The van der Waals surface area contributed by atoms with E-state index in [9.17, 15) is 0 Å². The molecule has 9 nitrogen and oxygen atoms in total. The average Bonchev–Trinajstić information content (AvgIpc) is 2.70. The zero-order valence-corrected chi connectivity index (χ0v) is 16.9. The summed E-state index contributed by atoms with van der Waals surface area (Å²) in [6, 6.07) is 15.1. The Morgan fingerprint density at radius 2 is 1.52 bits per heavy atom. The predicted octanol–water partition coefficient (Wildman–Crippen LogP) is 1.16. The number of amidine groups is 1. The van der Waals surface area contributed by atoms with E-state index in [1.54, 1.807) is 0 Å². The molecular weight excluding hydrogens is 386 g/mol. The molecule has 0 aliphatic carbocycles. The number of rotatable bonds is 7. The Hall–Kier alpha value is -3.50. The van der Waals surface area contributed by atoms with Gasteiger partial charge in [0.2, 0.25) is 5.96 Å². The first-order valence-electron chi connectivity index (χ1n) is 8.81. The van der Waals surface area contributed by atoms with Gasteiger partial charge >= 0.3 is 0 Å². The standard InChI is InChI=1S/C19H25N9S/c1-12(27-28-18(22)23)13-4-2-6-15(10-13)25-19(29)26-16-7-3-5-14(11-16)17(21)24-9-8-20/h2-7,10-11H,8-9,20H2,1H3,(H2,21,24)(H4,22,23,28)(H2,25,26,29)/b27-12+. The van der Waals surface area contributed by atoms with E-state index < -0.39 is 0 Å². The molecule has 0 fully saturated rings. The third-order valence-corrected chi connectivity index (χ3v) is 3.89. The molecule has 0 amide bonds.